The van der Waals surface area contributed by atoms with E-state index in [1.165, 1.54) is 443 Å². The van der Waals surface area contributed by atoms with E-state index in [4.69, 9.17) is 0 Å². The molecule has 0 aromatic carbocycles. The summed E-state index contributed by atoms with van der Waals surface area (Å²) in [5, 5.41) is 0. The zero-order chi connectivity index (χ0) is 53.8. The molecule has 0 heteroatoms. The topological polar surface area (TPSA) is 0 Å². The molecule has 0 aliphatic heterocycles. The van der Waals surface area contributed by atoms with Crippen molar-refractivity contribution in [2.45, 2.75) is 464 Å². The second-order valence-corrected chi connectivity index (χ2v) is 25.9. The van der Waals surface area contributed by atoms with E-state index in [1.807, 2.05) is 0 Å². The molecule has 1 unspecified atom stereocenters. The third-order valence-corrected chi connectivity index (χ3v) is 18.0. The van der Waals surface area contributed by atoms with Gasteiger partial charge in [0.15, 0.2) is 0 Å². The Balaban J connectivity index is 3.98. The molecule has 0 rings (SSSR count). The van der Waals surface area contributed by atoms with E-state index in [9.17, 15) is 0 Å². The van der Waals surface area contributed by atoms with Gasteiger partial charge in [0.1, 0.15) is 0 Å². The van der Waals surface area contributed by atoms with Crippen LogP contribution in [0.5, 0.6) is 0 Å². The van der Waals surface area contributed by atoms with Crippen LogP contribution in [-0.2, 0) is 0 Å². The molecule has 0 aromatic rings. The lowest BCUT2D eigenvalue weighted by Crippen LogP contribution is -2.00. The molecule has 0 radical (unpaired) electrons. The van der Waals surface area contributed by atoms with Crippen LogP contribution in [0.1, 0.15) is 464 Å². The minimum absolute atomic E-state index is 0.941. The summed E-state index contributed by atoms with van der Waals surface area (Å²) in [6, 6.07) is 0. The van der Waals surface area contributed by atoms with Gasteiger partial charge in [-0.05, 0) is 25.2 Å². The fraction of sp³-hybridized carbons (Fsp3) is 0.973. The van der Waals surface area contributed by atoms with Crippen LogP contribution in [0.2, 0.25) is 0 Å². The zero-order valence-electron chi connectivity index (χ0n) is 53.5. The van der Waals surface area contributed by atoms with Crippen LogP contribution in [0.15, 0.2) is 12.2 Å². The minimum atomic E-state index is 0.941. The van der Waals surface area contributed by atoms with Crippen LogP contribution in [-0.4, -0.2) is 0 Å². The van der Waals surface area contributed by atoms with E-state index in [2.05, 4.69) is 32.9 Å². The predicted molar refractivity (Wildman–Crippen MR) is 348 cm³/mol. The van der Waals surface area contributed by atoms with Gasteiger partial charge in [-0.2, -0.15) is 0 Å². The molecule has 0 aliphatic carbocycles. The SMILES string of the molecule is CCCCCCCCCCCCCCCCCCCCCCCCCCCC/C=C/CC(CCCCCCCCCCCCCCCCCCCCC)CCCCCCCCCCCCCCCCCCCCCC. The van der Waals surface area contributed by atoms with Crippen molar-refractivity contribution in [3.8, 4) is 0 Å². The van der Waals surface area contributed by atoms with Crippen molar-refractivity contribution in [2.24, 2.45) is 5.92 Å². The second-order valence-electron chi connectivity index (χ2n) is 25.9. The smallest absolute Gasteiger partial charge is 0.0322 e. The summed E-state index contributed by atoms with van der Waals surface area (Å²) in [5.41, 5.74) is 0. The summed E-state index contributed by atoms with van der Waals surface area (Å²) in [4.78, 5) is 0. The summed E-state index contributed by atoms with van der Waals surface area (Å²) in [7, 11) is 0. The molecule has 0 saturated carbocycles. The highest BCUT2D eigenvalue weighted by molar-refractivity contribution is 4.84. The third kappa shape index (κ3) is 69.8. The monoisotopic (exact) mass is 1050 g/mol. The lowest BCUT2D eigenvalue weighted by atomic mass is 9.91. The van der Waals surface area contributed by atoms with Gasteiger partial charge in [0.25, 0.3) is 0 Å². The van der Waals surface area contributed by atoms with Gasteiger partial charge < -0.3 is 0 Å². The van der Waals surface area contributed by atoms with Crippen molar-refractivity contribution < 1.29 is 0 Å². The Hall–Kier alpha value is -0.260. The maximum absolute atomic E-state index is 2.62. The van der Waals surface area contributed by atoms with Gasteiger partial charge in [-0.3, -0.25) is 0 Å². The molecule has 0 fully saturated rings. The van der Waals surface area contributed by atoms with Gasteiger partial charge in [-0.1, -0.05) is 457 Å². The molecule has 450 valence electrons. The van der Waals surface area contributed by atoms with Gasteiger partial charge in [0.05, 0.1) is 0 Å². The van der Waals surface area contributed by atoms with Crippen molar-refractivity contribution in [1.82, 2.24) is 0 Å². The largest absolute Gasteiger partial charge is 0.0885 e. The van der Waals surface area contributed by atoms with Gasteiger partial charge >= 0.3 is 0 Å². The van der Waals surface area contributed by atoms with E-state index in [-0.39, 0.29) is 0 Å². The molecule has 0 saturated heterocycles. The predicted octanol–water partition coefficient (Wildman–Crippen LogP) is 29.1. The standard InChI is InChI=1S/C75H150/c1-4-7-10-13-16-19-22-25-28-31-34-36-37-38-39-40-41-42-43-44-47-50-53-56-59-62-65-68-71-74-75(72-69-66-63-60-57-54-51-48-45-33-30-27-24-21-18-15-12-9-6-3)73-70-67-64-61-58-55-52-49-46-35-32-29-26-23-20-17-14-11-8-5-2/h68,71,75H,4-67,69-70,72-74H2,1-3H3/b71-68+. The summed E-state index contributed by atoms with van der Waals surface area (Å²) in [5.74, 6) is 0.941. The van der Waals surface area contributed by atoms with E-state index >= 15 is 0 Å². The Morgan fingerprint density at radius 3 is 0.480 bits per heavy atom. The third-order valence-electron chi connectivity index (χ3n) is 18.0. The Morgan fingerprint density at radius 2 is 0.307 bits per heavy atom. The highest BCUT2D eigenvalue weighted by atomic mass is 14.1. The highest BCUT2D eigenvalue weighted by Crippen LogP contribution is 2.25. The first-order valence-electron chi connectivity index (χ1n) is 37.0. The van der Waals surface area contributed by atoms with Crippen LogP contribution >= 0.6 is 0 Å². The van der Waals surface area contributed by atoms with Gasteiger partial charge in [-0.15, -0.1) is 0 Å². The van der Waals surface area contributed by atoms with Gasteiger partial charge in [0, 0.05) is 0 Å². The lowest BCUT2D eigenvalue weighted by molar-refractivity contribution is 0.404. The maximum atomic E-state index is 2.62. The quantitative estimate of drug-likeness (QED) is 0.0421. The maximum Gasteiger partial charge on any atom is -0.0322 e. The van der Waals surface area contributed by atoms with Crippen LogP contribution in [0, 0.1) is 5.92 Å². The van der Waals surface area contributed by atoms with Crippen LogP contribution in [0.4, 0.5) is 0 Å². The molecule has 1 atom stereocenters. The molecule has 75 heavy (non-hydrogen) atoms. The van der Waals surface area contributed by atoms with Gasteiger partial charge in [0.2, 0.25) is 0 Å². The average molecular weight is 1050 g/mol. The molecular formula is C75H150. The first-order chi connectivity index (χ1) is 37.3. The zero-order valence-corrected chi connectivity index (χ0v) is 53.5. The molecule has 0 nitrogen and oxygen atoms in total. The fourth-order valence-electron chi connectivity index (χ4n) is 12.6. The average Bonchev–Trinajstić information content (AvgIpc) is 3.42. The molecule has 0 heterocycles. The molecule has 0 amide bonds. The van der Waals surface area contributed by atoms with E-state index < -0.39 is 0 Å². The summed E-state index contributed by atoms with van der Waals surface area (Å²) < 4.78 is 0. The number of allylic oxidation sites excluding steroid dienone is 2. The normalized spacial score (nSPS) is 12.3. The molecule has 0 spiro atoms. The number of unbranched alkanes of at least 4 members (excludes halogenated alkanes) is 63. The Kier molecular flexibility index (Phi) is 71.5. The van der Waals surface area contributed by atoms with E-state index in [0.717, 1.165) is 5.92 Å². The van der Waals surface area contributed by atoms with Crippen molar-refractivity contribution >= 4 is 0 Å². The summed E-state index contributed by atoms with van der Waals surface area (Å²) in [6.45, 7) is 6.96. The summed E-state index contributed by atoms with van der Waals surface area (Å²) in [6.07, 6.45) is 107. The molecule has 0 aliphatic rings. The van der Waals surface area contributed by atoms with Crippen LogP contribution in [0.25, 0.3) is 0 Å². The van der Waals surface area contributed by atoms with Crippen molar-refractivity contribution in [1.29, 1.82) is 0 Å². The van der Waals surface area contributed by atoms with Crippen molar-refractivity contribution in [3.05, 3.63) is 12.2 Å². The molecule has 0 bridgehead atoms. The number of hydrogen-bond donors (Lipinski definition) is 0. The number of rotatable bonds is 70. The molecule has 0 N–H and O–H groups in total. The highest BCUT2D eigenvalue weighted by Gasteiger charge is 2.08. The van der Waals surface area contributed by atoms with E-state index in [1.54, 1.807) is 0 Å². The van der Waals surface area contributed by atoms with E-state index in [0.29, 0.717) is 0 Å². The Morgan fingerprint density at radius 1 is 0.160 bits per heavy atom. The Bertz CT molecular complexity index is 961. The van der Waals surface area contributed by atoms with Crippen LogP contribution in [0.3, 0.4) is 0 Å². The van der Waals surface area contributed by atoms with Crippen molar-refractivity contribution in [3.63, 3.8) is 0 Å². The second kappa shape index (κ2) is 71.8. The number of hydrogen-bond acceptors (Lipinski definition) is 0. The van der Waals surface area contributed by atoms with Gasteiger partial charge in [-0.25, -0.2) is 0 Å². The molecular weight excluding hydrogens is 901 g/mol. The lowest BCUT2D eigenvalue weighted by Gasteiger charge is -2.15. The van der Waals surface area contributed by atoms with Crippen LogP contribution < -0.4 is 0 Å². The Labute approximate surface area is 479 Å². The minimum Gasteiger partial charge on any atom is -0.0885 e. The fourth-order valence-corrected chi connectivity index (χ4v) is 12.6. The van der Waals surface area contributed by atoms with Crippen molar-refractivity contribution in [2.75, 3.05) is 0 Å². The first kappa shape index (κ1) is 74.7. The first-order valence-corrected chi connectivity index (χ1v) is 37.0. The molecule has 0 aromatic heterocycles. The summed E-state index contributed by atoms with van der Waals surface area (Å²) >= 11 is 0.